The van der Waals surface area contributed by atoms with E-state index in [4.69, 9.17) is 0 Å². The molecule has 4 heteroatoms. The second kappa shape index (κ2) is 22.4. The number of hydrogen-bond donors (Lipinski definition) is 0. The average molecular weight is 333 g/mol. The Morgan fingerprint density at radius 3 is 1.40 bits per heavy atom. The molecule has 0 aromatic carbocycles. The molecule has 0 aliphatic rings. The van der Waals surface area contributed by atoms with Gasteiger partial charge < -0.3 is 37.2 Å². The molecule has 0 heterocycles. The molecule has 0 saturated carbocycles. The molecule has 59 valence electrons. The van der Waals surface area contributed by atoms with Gasteiger partial charge in [-0.1, -0.05) is 0 Å². The zero-order valence-corrected chi connectivity index (χ0v) is 11.1. The number of halogens is 3. The third kappa shape index (κ3) is 22.6. The maximum Gasteiger partial charge on any atom is -1.00 e. The molecule has 0 aromatic heterocycles. The summed E-state index contributed by atoms with van der Waals surface area (Å²) < 4.78 is 2.62. The molecular weight excluding hydrogens is 323 g/mol. The smallest absolute Gasteiger partial charge is 1.00 e. The van der Waals surface area contributed by atoms with Crippen LogP contribution in [0.2, 0.25) is 4.14 Å². The normalized spacial score (nSPS) is 4.80. The summed E-state index contributed by atoms with van der Waals surface area (Å²) in [5, 5.41) is 0. The SMILES string of the molecule is C=C[CH2][Nd+3][CH2]C=C.[Cl-].[Cl-].[Cl-]. The van der Waals surface area contributed by atoms with E-state index in [1.165, 1.54) is 4.14 Å². The van der Waals surface area contributed by atoms with Gasteiger partial charge in [0.1, 0.15) is 0 Å². The molecule has 0 saturated heterocycles. The quantitative estimate of drug-likeness (QED) is 0.355. The van der Waals surface area contributed by atoms with Crippen molar-refractivity contribution < 1.29 is 73.9 Å². The Balaban J connectivity index is -0.0000000600. The Morgan fingerprint density at radius 2 is 1.20 bits per heavy atom. The van der Waals surface area contributed by atoms with Crippen molar-refractivity contribution in [2.24, 2.45) is 0 Å². The third-order valence-corrected chi connectivity index (χ3v) is 4.28. The van der Waals surface area contributed by atoms with Crippen LogP contribution < -0.4 is 37.2 Å². The molecule has 0 aliphatic carbocycles. The van der Waals surface area contributed by atoms with Crippen LogP contribution in [0.25, 0.3) is 0 Å². The molecule has 0 unspecified atom stereocenters. The van der Waals surface area contributed by atoms with Gasteiger partial charge in [0, 0.05) is 0 Å². The third-order valence-electron chi connectivity index (χ3n) is 0.577. The van der Waals surface area contributed by atoms with Crippen LogP contribution in [0.1, 0.15) is 0 Å². The minimum absolute atomic E-state index is 0. The van der Waals surface area contributed by atoms with Gasteiger partial charge in [-0.2, -0.15) is 0 Å². The van der Waals surface area contributed by atoms with E-state index in [0.717, 1.165) is 0 Å². The first kappa shape index (κ1) is 22.6. The van der Waals surface area contributed by atoms with Crippen molar-refractivity contribution in [1.29, 1.82) is 0 Å². The minimum atomic E-state index is -0.235. The van der Waals surface area contributed by atoms with Crippen molar-refractivity contribution in [2.75, 3.05) is 0 Å². The Labute approximate surface area is 102 Å². The van der Waals surface area contributed by atoms with Gasteiger partial charge in [-0.3, -0.25) is 0 Å². The molecular formula is C6H10Cl3Nd. The largest absolute Gasteiger partial charge is 1.00 e. The summed E-state index contributed by atoms with van der Waals surface area (Å²) in [6, 6.07) is 0. The first-order chi connectivity index (χ1) is 3.41. The molecule has 0 spiro atoms. The molecule has 0 bridgehead atoms. The van der Waals surface area contributed by atoms with Crippen molar-refractivity contribution in [2.45, 2.75) is 4.14 Å². The van der Waals surface area contributed by atoms with Crippen molar-refractivity contribution in [3.63, 3.8) is 0 Å². The monoisotopic (exact) mass is 329 g/mol. The van der Waals surface area contributed by atoms with Crippen molar-refractivity contribution in [1.82, 2.24) is 0 Å². The molecule has 0 fully saturated rings. The zero-order valence-electron chi connectivity index (χ0n) is 5.62. The van der Waals surface area contributed by atoms with Crippen LogP contribution in [0.15, 0.2) is 25.3 Å². The minimum Gasteiger partial charge on any atom is -1.00 e. The summed E-state index contributed by atoms with van der Waals surface area (Å²) in [6.45, 7) is 7.29. The van der Waals surface area contributed by atoms with Gasteiger partial charge in [-0.05, 0) is 0 Å². The molecule has 0 aliphatic heterocycles. The first-order valence-corrected chi connectivity index (χ1v) is 6.88. The van der Waals surface area contributed by atoms with Crippen LogP contribution >= 0.6 is 0 Å². The Morgan fingerprint density at radius 1 is 0.900 bits per heavy atom. The van der Waals surface area contributed by atoms with Crippen LogP contribution in [-0.4, -0.2) is 0 Å². The van der Waals surface area contributed by atoms with E-state index in [0.29, 0.717) is 0 Å². The fourth-order valence-corrected chi connectivity index (χ4v) is 2.13. The molecule has 10 heavy (non-hydrogen) atoms. The second-order valence-electron chi connectivity index (χ2n) is 1.24. The summed E-state index contributed by atoms with van der Waals surface area (Å²) in [5.74, 6) is 0. The summed E-state index contributed by atoms with van der Waals surface area (Å²) in [4.78, 5) is 0. The standard InChI is InChI=1S/2C3H5.3ClH.Nd/c2*1-3-2;;;;/h2*3H,1-2H2;3*1H;/q;;;;;+3/p-3. The number of hydrogen-bond acceptors (Lipinski definition) is 0. The van der Waals surface area contributed by atoms with Gasteiger partial charge in [0.25, 0.3) is 0 Å². The zero-order chi connectivity index (χ0) is 5.54. The number of rotatable bonds is 4. The van der Waals surface area contributed by atoms with E-state index in [1.54, 1.807) is 0 Å². The maximum atomic E-state index is 3.65. The molecule has 0 aromatic rings. The Bertz CT molecular complexity index is 58.0. The summed E-state index contributed by atoms with van der Waals surface area (Å²) in [6.07, 6.45) is 4.04. The molecule has 0 rings (SSSR count). The van der Waals surface area contributed by atoms with Gasteiger partial charge >= 0.3 is 66.2 Å². The average Bonchev–Trinajstić information content (AvgIpc) is 1.69. The van der Waals surface area contributed by atoms with Gasteiger partial charge in [0.05, 0.1) is 0 Å². The van der Waals surface area contributed by atoms with Crippen LogP contribution in [0, 0.1) is 36.7 Å². The van der Waals surface area contributed by atoms with E-state index < -0.39 is 0 Å². The van der Waals surface area contributed by atoms with Crippen molar-refractivity contribution >= 4 is 0 Å². The first-order valence-electron chi connectivity index (χ1n) is 2.34. The predicted octanol–water partition coefficient (Wildman–Crippen LogP) is -6.71. The van der Waals surface area contributed by atoms with E-state index >= 15 is 0 Å². The number of allylic oxidation sites excluding steroid dienone is 2. The Hall–Kier alpha value is 1.70. The topological polar surface area (TPSA) is 0 Å². The van der Waals surface area contributed by atoms with E-state index in [2.05, 4.69) is 13.2 Å². The second-order valence-corrected chi connectivity index (χ2v) is 5.46. The Kier molecular flexibility index (Phi) is 50.7. The fourth-order valence-electron chi connectivity index (χ4n) is 0.287. The van der Waals surface area contributed by atoms with Crippen LogP contribution in [-0.2, 0) is 0 Å². The molecule has 0 amide bonds. The molecule has 0 N–H and O–H groups in total. The fraction of sp³-hybridized carbons (Fsp3) is 0.333. The van der Waals surface area contributed by atoms with Crippen LogP contribution in [0.5, 0.6) is 0 Å². The van der Waals surface area contributed by atoms with Gasteiger partial charge in [-0.25, -0.2) is 0 Å². The van der Waals surface area contributed by atoms with E-state index in [9.17, 15) is 0 Å². The van der Waals surface area contributed by atoms with E-state index in [-0.39, 0.29) is 73.9 Å². The van der Waals surface area contributed by atoms with Crippen LogP contribution in [0.3, 0.4) is 0 Å². The van der Waals surface area contributed by atoms with Crippen molar-refractivity contribution in [3.8, 4) is 0 Å². The molecule has 0 radical (unpaired) electrons. The van der Waals surface area contributed by atoms with Gasteiger partial charge in [0.15, 0.2) is 0 Å². The van der Waals surface area contributed by atoms with Crippen LogP contribution in [0.4, 0.5) is 0 Å². The predicted molar refractivity (Wildman–Crippen MR) is 30.0 cm³/mol. The van der Waals surface area contributed by atoms with Gasteiger partial charge in [0.2, 0.25) is 0 Å². The maximum absolute atomic E-state index is 3.65. The molecule has 0 nitrogen and oxygen atoms in total. The van der Waals surface area contributed by atoms with Crippen molar-refractivity contribution in [3.05, 3.63) is 25.3 Å². The van der Waals surface area contributed by atoms with Gasteiger partial charge in [-0.15, -0.1) is 0 Å². The summed E-state index contributed by atoms with van der Waals surface area (Å²) >= 11 is -0.235. The molecule has 0 atom stereocenters. The van der Waals surface area contributed by atoms with E-state index in [1.807, 2.05) is 12.2 Å². The summed E-state index contributed by atoms with van der Waals surface area (Å²) in [7, 11) is 0. The summed E-state index contributed by atoms with van der Waals surface area (Å²) in [5.41, 5.74) is 0.